The Morgan fingerprint density at radius 3 is 2.79 bits per heavy atom. The van der Waals surface area contributed by atoms with Gasteiger partial charge in [0.15, 0.2) is 5.17 Å². The third-order valence-electron chi connectivity index (χ3n) is 3.59. The van der Waals surface area contributed by atoms with Gasteiger partial charge in [-0.3, -0.25) is 4.99 Å². The molecule has 0 saturated heterocycles. The first-order valence-electron chi connectivity index (χ1n) is 6.56. The zero-order valence-corrected chi connectivity index (χ0v) is 13.2. The number of hydrogen-bond acceptors (Lipinski definition) is 4. The number of thioether (sulfide) groups is 1. The molecule has 1 N–H and O–H groups in total. The molecule has 1 aromatic carbocycles. The van der Waals surface area contributed by atoms with Crippen LogP contribution in [0.1, 0.15) is 19.3 Å². The van der Waals surface area contributed by atoms with E-state index in [1.165, 1.54) is 19.3 Å². The molecule has 3 nitrogen and oxygen atoms in total. The number of benzene rings is 1. The van der Waals surface area contributed by atoms with E-state index in [9.17, 15) is 0 Å². The Hall–Kier alpha value is -0.680. The smallest absolute Gasteiger partial charge is 0.161 e. The van der Waals surface area contributed by atoms with Gasteiger partial charge in [-0.1, -0.05) is 34.1 Å². The second kappa shape index (κ2) is 5.75. The van der Waals surface area contributed by atoms with E-state index < -0.39 is 0 Å². The number of nitrogens with one attached hydrogen (secondary N) is 1. The highest BCUT2D eigenvalue weighted by Gasteiger charge is 2.37. The number of halogens is 1. The Kier molecular flexibility index (Phi) is 4.03. The second-order valence-corrected chi connectivity index (χ2v) is 7.23. The van der Waals surface area contributed by atoms with E-state index in [1.54, 1.807) is 7.11 Å². The van der Waals surface area contributed by atoms with Gasteiger partial charge in [0.2, 0.25) is 0 Å². The van der Waals surface area contributed by atoms with E-state index in [0.29, 0.717) is 16.1 Å². The van der Waals surface area contributed by atoms with Crippen molar-refractivity contribution in [2.24, 2.45) is 4.99 Å². The molecule has 102 valence electrons. The van der Waals surface area contributed by atoms with Gasteiger partial charge >= 0.3 is 0 Å². The topological polar surface area (TPSA) is 33.6 Å². The third-order valence-corrected chi connectivity index (χ3v) is 6.31. The van der Waals surface area contributed by atoms with Crippen LogP contribution in [-0.4, -0.2) is 28.4 Å². The summed E-state index contributed by atoms with van der Waals surface area (Å²) in [5.74, 6) is 0.876. The van der Waals surface area contributed by atoms with Crippen molar-refractivity contribution in [3.63, 3.8) is 0 Å². The summed E-state index contributed by atoms with van der Waals surface area (Å²) in [6.45, 7) is 0. The van der Waals surface area contributed by atoms with E-state index in [4.69, 9.17) is 9.73 Å². The van der Waals surface area contributed by atoms with Crippen LogP contribution >= 0.6 is 27.7 Å². The van der Waals surface area contributed by atoms with Crippen molar-refractivity contribution in [2.45, 2.75) is 35.4 Å². The van der Waals surface area contributed by atoms with Gasteiger partial charge in [0, 0.05) is 15.8 Å². The molecule has 5 heteroatoms. The molecular formula is C14H17BrN2OS. The summed E-state index contributed by atoms with van der Waals surface area (Å²) in [5, 5.41) is 5.05. The molecule has 1 heterocycles. The minimum atomic E-state index is 0.476. The summed E-state index contributed by atoms with van der Waals surface area (Å²) in [4.78, 5) is 5.40. The lowest BCUT2D eigenvalue weighted by Crippen LogP contribution is -2.31. The molecule has 0 aromatic heterocycles. The maximum atomic E-state index is 5.16. The van der Waals surface area contributed by atoms with Crippen molar-refractivity contribution >= 4 is 38.5 Å². The van der Waals surface area contributed by atoms with Gasteiger partial charge < -0.3 is 10.1 Å². The average Bonchev–Trinajstić information content (AvgIpc) is 2.84. The van der Waals surface area contributed by atoms with Crippen molar-refractivity contribution in [1.82, 2.24) is 0 Å². The summed E-state index contributed by atoms with van der Waals surface area (Å²) >= 11 is 5.66. The minimum absolute atomic E-state index is 0.476. The predicted molar refractivity (Wildman–Crippen MR) is 85.8 cm³/mol. The molecule has 3 atom stereocenters. The lowest BCUT2D eigenvalue weighted by molar-refractivity contribution is 0.415. The average molecular weight is 341 g/mol. The summed E-state index contributed by atoms with van der Waals surface area (Å²) < 4.78 is 5.16. The summed E-state index contributed by atoms with van der Waals surface area (Å²) in [6.07, 6.45) is 3.75. The molecule has 0 radical (unpaired) electrons. The van der Waals surface area contributed by atoms with Gasteiger partial charge in [0.1, 0.15) is 5.75 Å². The molecule has 2 aliphatic rings. The van der Waals surface area contributed by atoms with Crippen molar-refractivity contribution in [3.05, 3.63) is 24.3 Å². The monoisotopic (exact) mass is 340 g/mol. The Bertz CT molecular complexity index is 477. The van der Waals surface area contributed by atoms with Crippen LogP contribution in [-0.2, 0) is 0 Å². The molecule has 1 aliphatic carbocycles. The highest BCUT2D eigenvalue weighted by atomic mass is 79.9. The highest BCUT2D eigenvalue weighted by Crippen LogP contribution is 2.40. The van der Waals surface area contributed by atoms with Gasteiger partial charge in [-0.15, -0.1) is 0 Å². The lowest BCUT2D eigenvalue weighted by atomic mass is 9.95. The second-order valence-electron chi connectivity index (χ2n) is 4.88. The number of methoxy groups -OCH3 is 1. The van der Waals surface area contributed by atoms with Crippen LogP contribution in [0.2, 0.25) is 0 Å². The molecule has 1 aromatic rings. The number of nitrogens with zero attached hydrogens (tertiary/aromatic N) is 1. The number of amidine groups is 1. The fourth-order valence-corrected chi connectivity index (χ4v) is 4.82. The normalized spacial score (nSPS) is 29.6. The largest absolute Gasteiger partial charge is 0.497 e. The van der Waals surface area contributed by atoms with Gasteiger partial charge in [0.05, 0.1) is 13.2 Å². The van der Waals surface area contributed by atoms with E-state index >= 15 is 0 Å². The summed E-state index contributed by atoms with van der Waals surface area (Å²) in [6, 6.07) is 8.44. The van der Waals surface area contributed by atoms with Crippen molar-refractivity contribution in [1.29, 1.82) is 0 Å². The predicted octanol–water partition coefficient (Wildman–Crippen LogP) is 3.89. The molecule has 1 aliphatic heterocycles. The molecule has 0 bridgehead atoms. The molecule has 19 heavy (non-hydrogen) atoms. The number of hydrogen-bond donors (Lipinski definition) is 1. The number of rotatable bonds is 2. The molecule has 0 spiro atoms. The van der Waals surface area contributed by atoms with Gasteiger partial charge in [0.25, 0.3) is 0 Å². The number of aliphatic imine (C=N–C) groups is 1. The van der Waals surface area contributed by atoms with E-state index in [-0.39, 0.29) is 0 Å². The quantitative estimate of drug-likeness (QED) is 0.829. The molecule has 1 saturated carbocycles. The summed E-state index contributed by atoms with van der Waals surface area (Å²) in [5.41, 5.74) is 1.07. The van der Waals surface area contributed by atoms with Crippen molar-refractivity contribution in [2.75, 3.05) is 12.4 Å². The van der Waals surface area contributed by atoms with E-state index in [2.05, 4.69) is 21.2 Å². The van der Waals surface area contributed by atoms with Crippen LogP contribution < -0.4 is 10.1 Å². The molecule has 0 amide bonds. The number of anilines is 1. The fraction of sp³-hybridized carbons (Fsp3) is 0.500. The van der Waals surface area contributed by atoms with Gasteiger partial charge in [-0.2, -0.15) is 0 Å². The Morgan fingerprint density at radius 2 is 2.11 bits per heavy atom. The number of alkyl halides is 1. The lowest BCUT2D eigenvalue weighted by Gasteiger charge is -2.27. The fourth-order valence-electron chi connectivity index (χ4n) is 2.55. The highest BCUT2D eigenvalue weighted by molar-refractivity contribution is 9.09. The maximum absolute atomic E-state index is 5.16. The third kappa shape index (κ3) is 2.92. The van der Waals surface area contributed by atoms with Gasteiger partial charge in [-0.05, 0) is 37.1 Å². The Labute approximate surface area is 126 Å². The minimum Gasteiger partial charge on any atom is -0.497 e. The first-order valence-corrected chi connectivity index (χ1v) is 8.35. The van der Waals surface area contributed by atoms with Crippen LogP contribution in [0.3, 0.4) is 0 Å². The Balaban J connectivity index is 1.67. The summed E-state index contributed by atoms with van der Waals surface area (Å²) in [7, 11) is 1.68. The molecule has 0 unspecified atom stereocenters. The van der Waals surface area contributed by atoms with Crippen LogP contribution in [0, 0.1) is 0 Å². The zero-order chi connectivity index (χ0) is 13.2. The maximum Gasteiger partial charge on any atom is 0.161 e. The van der Waals surface area contributed by atoms with Crippen LogP contribution in [0.5, 0.6) is 5.75 Å². The van der Waals surface area contributed by atoms with Crippen molar-refractivity contribution < 1.29 is 4.74 Å². The number of ether oxygens (including phenoxy) is 1. The van der Waals surface area contributed by atoms with Crippen molar-refractivity contribution in [3.8, 4) is 5.75 Å². The Morgan fingerprint density at radius 1 is 1.32 bits per heavy atom. The van der Waals surface area contributed by atoms with E-state index in [1.807, 2.05) is 36.0 Å². The first-order chi connectivity index (χ1) is 9.26. The SMILES string of the molecule is COc1ccc(NC2=N[C@@H]3CCC[C@@H](Br)[C@H]3S2)cc1. The van der Waals surface area contributed by atoms with Crippen LogP contribution in [0.4, 0.5) is 5.69 Å². The zero-order valence-electron chi connectivity index (χ0n) is 10.8. The number of fused-ring (bicyclic) bond motifs is 1. The molecule has 1 fully saturated rings. The van der Waals surface area contributed by atoms with Gasteiger partial charge in [-0.25, -0.2) is 0 Å². The van der Waals surface area contributed by atoms with E-state index in [0.717, 1.165) is 16.6 Å². The standard InChI is InChI=1S/C14H17BrN2OS/c1-18-10-7-5-9(6-8-10)16-14-17-12-4-2-3-11(15)13(12)19-14/h5-8,11-13H,2-4H2,1H3,(H,16,17)/t11-,12-,13-/m1/s1. The molecule has 3 rings (SSSR count). The molecular weight excluding hydrogens is 324 g/mol. The first kappa shape index (κ1) is 13.3. The van der Waals surface area contributed by atoms with Crippen LogP contribution in [0.15, 0.2) is 29.3 Å². The van der Waals surface area contributed by atoms with Crippen LogP contribution in [0.25, 0.3) is 0 Å².